The minimum atomic E-state index is 0.464. The second-order valence-corrected chi connectivity index (χ2v) is 4.29. The van der Waals surface area contributed by atoms with E-state index in [1.165, 1.54) is 0 Å². The summed E-state index contributed by atoms with van der Waals surface area (Å²) >= 11 is 0. The van der Waals surface area contributed by atoms with Gasteiger partial charge in [-0.25, -0.2) is 4.68 Å². The molecule has 0 amide bonds. The number of rotatable bonds is 6. The maximum Gasteiger partial charge on any atom is 0.233 e. The summed E-state index contributed by atoms with van der Waals surface area (Å²) in [5, 5.41) is 13.4. The number of hydrogen-bond acceptors (Lipinski definition) is 4. The number of nitriles is 1. The van der Waals surface area contributed by atoms with Gasteiger partial charge in [-0.1, -0.05) is 6.92 Å². The molecule has 0 atom stereocenters. The largest absolute Gasteiger partial charge is 0.474 e. The van der Waals surface area contributed by atoms with Crippen LogP contribution >= 0.6 is 0 Å². The van der Waals surface area contributed by atoms with Gasteiger partial charge in [-0.2, -0.15) is 5.26 Å². The van der Waals surface area contributed by atoms with Gasteiger partial charge < -0.3 is 9.47 Å². The minimum Gasteiger partial charge on any atom is -0.474 e. The van der Waals surface area contributed by atoms with Crippen molar-refractivity contribution in [3.8, 4) is 17.6 Å². The lowest BCUT2D eigenvalue weighted by Gasteiger charge is -2.05. The summed E-state index contributed by atoms with van der Waals surface area (Å²) in [6.45, 7) is 3.05. The summed E-state index contributed by atoms with van der Waals surface area (Å²) in [4.78, 5) is 0. The average Bonchev–Trinajstić information content (AvgIpc) is 2.96. The molecular formula is C15H17N3O2. The van der Waals surface area contributed by atoms with Crippen molar-refractivity contribution in [3.05, 3.63) is 41.6 Å². The van der Waals surface area contributed by atoms with E-state index in [0.717, 1.165) is 17.7 Å². The molecule has 0 fully saturated rings. The second kappa shape index (κ2) is 6.73. The second-order valence-electron chi connectivity index (χ2n) is 4.29. The molecule has 0 N–H and O–H groups in total. The zero-order valence-electron chi connectivity index (χ0n) is 11.7. The summed E-state index contributed by atoms with van der Waals surface area (Å²) in [6, 6.07) is 9.69. The van der Waals surface area contributed by atoms with E-state index in [-0.39, 0.29) is 0 Å². The Kier molecular flexibility index (Phi) is 4.75. The number of methoxy groups -OCH3 is 1. The molecule has 0 aliphatic rings. The smallest absolute Gasteiger partial charge is 0.233 e. The van der Waals surface area contributed by atoms with Gasteiger partial charge in [0.2, 0.25) is 5.88 Å². The lowest BCUT2D eigenvalue weighted by atomic mass is 10.1. The SMILES string of the molecule is CCc1cc(C#N)cc(-n2ccc(OCCOC)n2)c1. The number of hydrogen-bond donors (Lipinski definition) is 0. The van der Waals surface area contributed by atoms with Crippen LogP contribution in [0.3, 0.4) is 0 Å². The predicted molar refractivity (Wildman–Crippen MR) is 75.0 cm³/mol. The fraction of sp³-hybridized carbons (Fsp3) is 0.333. The van der Waals surface area contributed by atoms with Crippen LogP contribution in [0.4, 0.5) is 0 Å². The monoisotopic (exact) mass is 271 g/mol. The first-order valence-electron chi connectivity index (χ1n) is 6.48. The molecule has 0 spiro atoms. The number of nitrogens with zero attached hydrogens (tertiary/aromatic N) is 3. The molecule has 0 aliphatic heterocycles. The van der Waals surface area contributed by atoms with Crippen LogP contribution in [0, 0.1) is 11.3 Å². The molecule has 1 aromatic heterocycles. The van der Waals surface area contributed by atoms with Crippen LogP contribution in [0.2, 0.25) is 0 Å². The fourth-order valence-corrected chi connectivity index (χ4v) is 1.83. The lowest BCUT2D eigenvalue weighted by molar-refractivity contribution is 0.143. The van der Waals surface area contributed by atoms with Crippen LogP contribution < -0.4 is 4.74 Å². The van der Waals surface area contributed by atoms with Crippen molar-refractivity contribution in [3.63, 3.8) is 0 Å². The Balaban J connectivity index is 2.21. The Morgan fingerprint density at radius 2 is 2.15 bits per heavy atom. The Morgan fingerprint density at radius 1 is 1.30 bits per heavy atom. The Labute approximate surface area is 118 Å². The van der Waals surface area contributed by atoms with Crippen molar-refractivity contribution in [2.45, 2.75) is 13.3 Å². The van der Waals surface area contributed by atoms with Crippen molar-refractivity contribution in [1.82, 2.24) is 9.78 Å². The van der Waals surface area contributed by atoms with Gasteiger partial charge in [-0.15, -0.1) is 5.10 Å². The standard InChI is InChI=1S/C15H17N3O2/c1-3-12-8-13(11-16)10-14(9-12)18-5-4-15(17-18)20-7-6-19-2/h4-5,8-10H,3,6-7H2,1-2H3. The summed E-state index contributed by atoms with van der Waals surface area (Å²) in [6.07, 6.45) is 2.69. The molecule has 5 heteroatoms. The summed E-state index contributed by atoms with van der Waals surface area (Å²) in [5.41, 5.74) is 2.61. The summed E-state index contributed by atoms with van der Waals surface area (Å²) < 4.78 is 12.1. The molecule has 104 valence electrons. The normalized spacial score (nSPS) is 10.2. The van der Waals surface area contributed by atoms with Crippen LogP contribution in [0.5, 0.6) is 5.88 Å². The molecule has 0 saturated carbocycles. The summed E-state index contributed by atoms with van der Waals surface area (Å²) in [7, 11) is 1.63. The molecule has 2 rings (SSSR count). The molecule has 0 bridgehead atoms. The molecule has 0 saturated heterocycles. The van der Waals surface area contributed by atoms with Crippen LogP contribution in [0.1, 0.15) is 18.1 Å². The van der Waals surface area contributed by atoms with Gasteiger partial charge in [0.25, 0.3) is 0 Å². The van der Waals surface area contributed by atoms with E-state index in [0.29, 0.717) is 24.7 Å². The molecule has 2 aromatic rings. The van der Waals surface area contributed by atoms with E-state index < -0.39 is 0 Å². The third-order valence-electron chi connectivity index (χ3n) is 2.88. The zero-order valence-corrected chi connectivity index (χ0v) is 11.7. The predicted octanol–water partition coefficient (Wildman–Crippen LogP) is 2.33. The average molecular weight is 271 g/mol. The highest BCUT2D eigenvalue weighted by Crippen LogP contribution is 2.16. The molecule has 20 heavy (non-hydrogen) atoms. The van der Waals surface area contributed by atoms with Crippen LogP contribution in [0.25, 0.3) is 5.69 Å². The van der Waals surface area contributed by atoms with E-state index in [2.05, 4.69) is 18.1 Å². The van der Waals surface area contributed by atoms with Crippen LogP contribution in [0.15, 0.2) is 30.5 Å². The number of benzene rings is 1. The Hall–Kier alpha value is -2.32. The van der Waals surface area contributed by atoms with Crippen molar-refractivity contribution >= 4 is 0 Å². The lowest BCUT2D eigenvalue weighted by Crippen LogP contribution is -2.05. The van der Waals surface area contributed by atoms with Crippen molar-refractivity contribution in [2.24, 2.45) is 0 Å². The van der Waals surface area contributed by atoms with Crippen LogP contribution in [-0.2, 0) is 11.2 Å². The van der Waals surface area contributed by atoms with Gasteiger partial charge in [0.1, 0.15) is 6.61 Å². The van der Waals surface area contributed by atoms with E-state index >= 15 is 0 Å². The molecule has 1 heterocycles. The van der Waals surface area contributed by atoms with Gasteiger partial charge in [0.15, 0.2) is 0 Å². The Morgan fingerprint density at radius 3 is 2.85 bits per heavy atom. The third-order valence-corrected chi connectivity index (χ3v) is 2.88. The highest BCUT2D eigenvalue weighted by atomic mass is 16.5. The van der Waals surface area contributed by atoms with E-state index in [9.17, 15) is 0 Å². The fourth-order valence-electron chi connectivity index (χ4n) is 1.83. The van der Waals surface area contributed by atoms with Crippen LogP contribution in [-0.4, -0.2) is 30.1 Å². The Bertz CT molecular complexity index is 614. The molecular weight excluding hydrogens is 254 g/mol. The quantitative estimate of drug-likeness (QED) is 0.757. The van der Waals surface area contributed by atoms with Crippen molar-refractivity contribution in [1.29, 1.82) is 5.26 Å². The van der Waals surface area contributed by atoms with Crippen molar-refractivity contribution in [2.75, 3.05) is 20.3 Å². The highest BCUT2D eigenvalue weighted by molar-refractivity contribution is 5.44. The van der Waals surface area contributed by atoms with Gasteiger partial charge in [-0.3, -0.25) is 0 Å². The molecule has 0 radical (unpaired) electrons. The van der Waals surface area contributed by atoms with E-state index in [1.807, 2.05) is 24.4 Å². The number of aromatic nitrogens is 2. The first kappa shape index (κ1) is 14.1. The molecule has 0 aliphatic carbocycles. The van der Waals surface area contributed by atoms with E-state index in [4.69, 9.17) is 14.7 Å². The summed E-state index contributed by atoms with van der Waals surface area (Å²) in [5.74, 6) is 0.544. The maximum absolute atomic E-state index is 9.06. The number of aryl methyl sites for hydroxylation is 1. The highest BCUT2D eigenvalue weighted by Gasteiger charge is 2.05. The van der Waals surface area contributed by atoms with Gasteiger partial charge >= 0.3 is 0 Å². The third kappa shape index (κ3) is 3.37. The minimum absolute atomic E-state index is 0.464. The van der Waals surface area contributed by atoms with Gasteiger partial charge in [0.05, 0.1) is 23.9 Å². The first-order valence-corrected chi connectivity index (χ1v) is 6.48. The van der Waals surface area contributed by atoms with Crippen molar-refractivity contribution < 1.29 is 9.47 Å². The first-order chi connectivity index (χ1) is 9.76. The van der Waals surface area contributed by atoms with Gasteiger partial charge in [-0.05, 0) is 30.2 Å². The van der Waals surface area contributed by atoms with E-state index in [1.54, 1.807) is 17.9 Å². The molecule has 0 unspecified atom stereocenters. The molecule has 1 aromatic carbocycles. The molecule has 5 nitrogen and oxygen atoms in total. The maximum atomic E-state index is 9.06. The van der Waals surface area contributed by atoms with Gasteiger partial charge in [0, 0.05) is 19.4 Å². The topological polar surface area (TPSA) is 60.1 Å². The number of ether oxygens (including phenoxy) is 2. The zero-order chi connectivity index (χ0) is 14.4.